The van der Waals surface area contributed by atoms with Gasteiger partial charge < -0.3 is 15.4 Å². The summed E-state index contributed by atoms with van der Waals surface area (Å²) in [5.41, 5.74) is 0.283. The molecule has 0 saturated heterocycles. The van der Waals surface area contributed by atoms with Crippen LogP contribution in [0.2, 0.25) is 0 Å². The molecule has 2 aromatic rings. The average molecular weight is 514 g/mol. The molecule has 0 radical (unpaired) electrons. The molecule has 0 bridgehead atoms. The first-order chi connectivity index (χ1) is 12.3. The molecular formula is C17H22F3IN4OS. The van der Waals surface area contributed by atoms with Gasteiger partial charge in [0.2, 0.25) is 0 Å². The molecule has 1 heterocycles. The Morgan fingerprint density at radius 3 is 2.48 bits per heavy atom. The number of guanidine groups is 1. The maximum absolute atomic E-state index is 12.6. The zero-order valence-corrected chi connectivity index (χ0v) is 18.3. The first kappa shape index (κ1) is 23.5. The quantitative estimate of drug-likeness (QED) is 0.345. The fourth-order valence-electron chi connectivity index (χ4n) is 2.03. The number of benzene rings is 1. The second-order valence-corrected chi connectivity index (χ2v) is 6.62. The fourth-order valence-corrected chi connectivity index (χ4v) is 2.77. The predicted molar refractivity (Wildman–Crippen MR) is 112 cm³/mol. The molecule has 2 rings (SSSR count). The van der Waals surface area contributed by atoms with Gasteiger partial charge in [0.05, 0.1) is 13.1 Å². The first-order valence-corrected chi connectivity index (χ1v) is 8.85. The number of thiazole rings is 1. The van der Waals surface area contributed by atoms with Gasteiger partial charge in [-0.15, -0.1) is 35.3 Å². The number of rotatable bonds is 6. The molecule has 0 saturated carbocycles. The summed E-state index contributed by atoms with van der Waals surface area (Å²) in [6.45, 7) is 4.56. The number of ether oxygens (including phenoxy) is 1. The highest BCUT2D eigenvalue weighted by atomic mass is 127. The zero-order chi connectivity index (χ0) is 19.2. The van der Waals surface area contributed by atoms with Gasteiger partial charge in [0, 0.05) is 12.4 Å². The van der Waals surface area contributed by atoms with Crippen LogP contribution in [0.3, 0.4) is 0 Å². The van der Waals surface area contributed by atoms with Gasteiger partial charge >= 0.3 is 6.18 Å². The molecule has 0 amide bonds. The van der Waals surface area contributed by atoms with E-state index < -0.39 is 11.9 Å². The summed E-state index contributed by atoms with van der Waals surface area (Å²) in [7, 11) is 1.59. The molecule has 0 aliphatic heterocycles. The van der Waals surface area contributed by atoms with Crippen molar-refractivity contribution >= 4 is 41.3 Å². The molecule has 27 heavy (non-hydrogen) atoms. The molecule has 1 atom stereocenters. The van der Waals surface area contributed by atoms with Crippen molar-refractivity contribution in [1.82, 2.24) is 15.6 Å². The van der Waals surface area contributed by atoms with Gasteiger partial charge in [-0.25, -0.2) is 4.98 Å². The number of alkyl halides is 3. The van der Waals surface area contributed by atoms with Crippen LogP contribution in [-0.4, -0.2) is 30.6 Å². The van der Waals surface area contributed by atoms with E-state index in [0.29, 0.717) is 17.5 Å². The molecule has 1 unspecified atom stereocenters. The minimum Gasteiger partial charge on any atom is -0.489 e. The SMILES string of the molecule is CN=C(NCc1nc(C(F)(F)F)cs1)NCC(C)Oc1ccc(C)cc1.I. The number of aryl methyl sites for hydroxylation is 1. The lowest BCUT2D eigenvalue weighted by Gasteiger charge is -2.17. The van der Waals surface area contributed by atoms with Gasteiger partial charge in [0.15, 0.2) is 11.7 Å². The van der Waals surface area contributed by atoms with E-state index in [2.05, 4.69) is 20.6 Å². The standard InChI is InChI=1S/C17H21F3N4OS.HI/c1-11-4-6-13(7-5-11)25-12(2)8-22-16(21-3)23-9-15-24-14(10-26-15)17(18,19)20;/h4-7,10,12H,8-9H2,1-3H3,(H2,21,22,23);1H. The van der Waals surface area contributed by atoms with Crippen molar-refractivity contribution in [3.63, 3.8) is 0 Å². The van der Waals surface area contributed by atoms with E-state index in [-0.39, 0.29) is 36.6 Å². The van der Waals surface area contributed by atoms with E-state index in [9.17, 15) is 13.2 Å². The predicted octanol–water partition coefficient (Wildman–Crippen LogP) is 4.22. The van der Waals surface area contributed by atoms with Gasteiger partial charge in [-0.2, -0.15) is 13.2 Å². The number of aliphatic imine (C=N–C) groups is 1. The Morgan fingerprint density at radius 1 is 1.26 bits per heavy atom. The van der Waals surface area contributed by atoms with Crippen molar-refractivity contribution < 1.29 is 17.9 Å². The van der Waals surface area contributed by atoms with E-state index >= 15 is 0 Å². The highest BCUT2D eigenvalue weighted by Crippen LogP contribution is 2.29. The molecule has 0 spiro atoms. The Kier molecular flexibility index (Phi) is 9.30. The Labute approximate surface area is 177 Å². The maximum Gasteiger partial charge on any atom is 0.434 e. The average Bonchev–Trinajstić information content (AvgIpc) is 3.06. The Balaban J connectivity index is 0.00000364. The zero-order valence-electron chi connectivity index (χ0n) is 15.1. The summed E-state index contributed by atoms with van der Waals surface area (Å²) in [5, 5.41) is 7.36. The summed E-state index contributed by atoms with van der Waals surface area (Å²) in [6, 6.07) is 7.75. The fraction of sp³-hybridized carbons (Fsp3) is 0.412. The number of nitrogens with one attached hydrogen (secondary N) is 2. The molecule has 0 fully saturated rings. The molecular weight excluding hydrogens is 492 g/mol. The van der Waals surface area contributed by atoms with Crippen molar-refractivity contribution in [2.24, 2.45) is 4.99 Å². The first-order valence-electron chi connectivity index (χ1n) is 7.97. The number of halogens is 4. The minimum absolute atomic E-state index is 0. The van der Waals surface area contributed by atoms with Gasteiger partial charge in [0.25, 0.3) is 0 Å². The maximum atomic E-state index is 12.6. The van der Waals surface area contributed by atoms with E-state index in [0.717, 1.165) is 28.0 Å². The molecule has 0 aliphatic rings. The second-order valence-electron chi connectivity index (χ2n) is 5.67. The third-order valence-corrected chi connectivity index (χ3v) is 4.24. The molecule has 1 aromatic carbocycles. The Bertz CT molecular complexity index is 735. The van der Waals surface area contributed by atoms with Crippen LogP contribution < -0.4 is 15.4 Å². The van der Waals surface area contributed by atoms with E-state index in [4.69, 9.17) is 4.74 Å². The van der Waals surface area contributed by atoms with Crippen molar-refractivity contribution in [3.05, 3.63) is 45.9 Å². The molecule has 5 nitrogen and oxygen atoms in total. The summed E-state index contributed by atoms with van der Waals surface area (Å²) in [6.07, 6.45) is -4.54. The van der Waals surface area contributed by atoms with Crippen molar-refractivity contribution in [1.29, 1.82) is 0 Å². The third-order valence-electron chi connectivity index (χ3n) is 3.39. The van der Waals surface area contributed by atoms with Gasteiger partial charge in [-0.3, -0.25) is 4.99 Å². The molecule has 150 valence electrons. The van der Waals surface area contributed by atoms with Crippen LogP contribution in [0, 0.1) is 6.92 Å². The van der Waals surface area contributed by atoms with Crippen LogP contribution in [0.15, 0.2) is 34.6 Å². The lowest BCUT2D eigenvalue weighted by molar-refractivity contribution is -0.140. The summed E-state index contributed by atoms with van der Waals surface area (Å²) < 4.78 is 43.4. The largest absolute Gasteiger partial charge is 0.489 e. The van der Waals surface area contributed by atoms with Crippen LogP contribution in [0.4, 0.5) is 13.2 Å². The van der Waals surface area contributed by atoms with Crippen molar-refractivity contribution in [2.75, 3.05) is 13.6 Å². The van der Waals surface area contributed by atoms with Crippen molar-refractivity contribution in [3.8, 4) is 5.75 Å². The summed E-state index contributed by atoms with van der Waals surface area (Å²) >= 11 is 0.955. The highest BCUT2D eigenvalue weighted by molar-refractivity contribution is 14.0. The number of nitrogens with zero attached hydrogens (tertiary/aromatic N) is 2. The minimum atomic E-state index is -4.42. The van der Waals surface area contributed by atoms with Crippen LogP contribution in [0.1, 0.15) is 23.2 Å². The summed E-state index contributed by atoms with van der Waals surface area (Å²) in [5.74, 6) is 1.24. The molecule has 0 aliphatic carbocycles. The van der Waals surface area contributed by atoms with Crippen LogP contribution in [-0.2, 0) is 12.7 Å². The summed E-state index contributed by atoms with van der Waals surface area (Å²) in [4.78, 5) is 7.61. The second kappa shape index (κ2) is 10.7. The van der Waals surface area contributed by atoms with Crippen LogP contribution in [0.5, 0.6) is 5.75 Å². The van der Waals surface area contributed by atoms with Crippen LogP contribution >= 0.6 is 35.3 Å². The van der Waals surface area contributed by atoms with E-state index in [1.807, 2.05) is 38.1 Å². The Hall–Kier alpha value is -1.56. The van der Waals surface area contributed by atoms with E-state index in [1.165, 1.54) is 0 Å². The molecule has 1 aromatic heterocycles. The molecule has 2 N–H and O–H groups in total. The topological polar surface area (TPSA) is 58.5 Å². The highest BCUT2D eigenvalue weighted by Gasteiger charge is 2.33. The van der Waals surface area contributed by atoms with E-state index in [1.54, 1.807) is 7.05 Å². The van der Waals surface area contributed by atoms with Gasteiger partial charge in [0.1, 0.15) is 16.9 Å². The monoisotopic (exact) mass is 514 g/mol. The smallest absolute Gasteiger partial charge is 0.434 e. The number of hydrogen-bond donors (Lipinski definition) is 2. The van der Waals surface area contributed by atoms with Gasteiger partial charge in [-0.05, 0) is 26.0 Å². The normalized spacial score (nSPS) is 12.9. The molecule has 10 heteroatoms. The van der Waals surface area contributed by atoms with Crippen molar-refractivity contribution in [2.45, 2.75) is 32.7 Å². The van der Waals surface area contributed by atoms with Gasteiger partial charge in [-0.1, -0.05) is 17.7 Å². The number of hydrogen-bond acceptors (Lipinski definition) is 4. The Morgan fingerprint density at radius 2 is 1.93 bits per heavy atom. The number of aromatic nitrogens is 1. The third kappa shape index (κ3) is 7.91. The lowest BCUT2D eigenvalue weighted by atomic mass is 10.2. The lowest BCUT2D eigenvalue weighted by Crippen LogP contribution is -2.41. The van der Waals surface area contributed by atoms with Crippen LogP contribution in [0.25, 0.3) is 0 Å².